The van der Waals surface area contributed by atoms with E-state index in [0.717, 1.165) is 36.4 Å². The molecular weight excluding hydrogens is 540 g/mol. The quantitative estimate of drug-likeness (QED) is 0.352. The summed E-state index contributed by atoms with van der Waals surface area (Å²) in [4.78, 5) is 0. The molecule has 2 aromatic rings. The molecular formula is C37H51F2N3O. The molecule has 0 unspecified atom stereocenters. The highest BCUT2D eigenvalue weighted by molar-refractivity contribution is 5.33. The number of aromatic nitrogens is 3. The third-order valence-electron chi connectivity index (χ3n) is 15.6. The summed E-state index contributed by atoms with van der Waals surface area (Å²) in [7, 11) is 0. The van der Waals surface area contributed by atoms with Crippen LogP contribution in [-0.2, 0) is 23.1 Å². The Morgan fingerprint density at radius 2 is 1.65 bits per heavy atom. The summed E-state index contributed by atoms with van der Waals surface area (Å²) in [5.74, 6) is 1.52. The lowest BCUT2D eigenvalue weighted by molar-refractivity contribution is -0.233. The van der Waals surface area contributed by atoms with E-state index in [2.05, 4.69) is 53.7 Å². The minimum absolute atomic E-state index is 0.135. The number of halogens is 2. The highest BCUT2D eigenvalue weighted by Gasteiger charge is 2.73. The van der Waals surface area contributed by atoms with Gasteiger partial charge >= 0.3 is 0 Å². The molecule has 5 aliphatic carbocycles. The van der Waals surface area contributed by atoms with Crippen LogP contribution in [-0.4, -0.2) is 27.7 Å². The highest BCUT2D eigenvalue weighted by Crippen LogP contribution is 2.77. The maximum atomic E-state index is 14.7. The van der Waals surface area contributed by atoms with Crippen LogP contribution >= 0.6 is 0 Å². The first-order valence-corrected chi connectivity index (χ1v) is 17.1. The van der Waals surface area contributed by atoms with Crippen LogP contribution in [0.25, 0.3) is 0 Å². The zero-order valence-electron chi connectivity index (χ0n) is 27.4. The number of hydrogen-bond acceptors (Lipinski definition) is 3. The average molecular weight is 592 g/mol. The van der Waals surface area contributed by atoms with E-state index in [-0.39, 0.29) is 28.2 Å². The van der Waals surface area contributed by atoms with Crippen molar-refractivity contribution >= 4 is 0 Å². The van der Waals surface area contributed by atoms with Gasteiger partial charge in [0.15, 0.2) is 0 Å². The maximum Gasteiger partial charge on any atom is 0.131 e. The van der Waals surface area contributed by atoms with Crippen molar-refractivity contribution in [3.8, 4) is 0 Å². The first-order chi connectivity index (χ1) is 20.2. The molecule has 2 bridgehead atoms. The van der Waals surface area contributed by atoms with E-state index < -0.39 is 11.6 Å². The predicted octanol–water partition coefficient (Wildman–Crippen LogP) is 8.51. The Morgan fingerprint density at radius 3 is 2.42 bits per heavy atom. The standard InChI is InChI=1S/C37H51F2N3O/c1-32(2)14-16-37-17-15-35(6)24(29(37)31(32)43-21-37)10-11-28-34(5)19-26-30(33(3,4)27(34)12-13-36(28,35)7)42(41-40-26)20-22-8-9-23(38)18-25(22)39/h8-9,18,24,27-29,31H,10-17,19-21H2,1-7H3/t24-,27+,28-,29+,31-,34+,35-,36-,37-/m1/s1. The topological polar surface area (TPSA) is 39.9 Å². The van der Waals surface area contributed by atoms with Crippen molar-refractivity contribution in [2.75, 3.05) is 6.61 Å². The Hall–Kier alpha value is -1.82. The van der Waals surface area contributed by atoms with Gasteiger partial charge in [0.25, 0.3) is 0 Å². The Balaban J connectivity index is 1.15. The summed E-state index contributed by atoms with van der Waals surface area (Å²) in [6, 6.07) is 3.85. The van der Waals surface area contributed by atoms with E-state index >= 15 is 0 Å². The fourth-order valence-electron chi connectivity index (χ4n) is 13.4. The van der Waals surface area contributed by atoms with Crippen LogP contribution in [0.4, 0.5) is 8.78 Å². The van der Waals surface area contributed by atoms with E-state index in [4.69, 9.17) is 9.84 Å². The first kappa shape index (κ1) is 28.6. The molecule has 9 atom stereocenters. The van der Waals surface area contributed by atoms with E-state index in [0.29, 0.717) is 40.3 Å². The molecule has 234 valence electrons. The normalized spacial score (nSPS) is 45.4. The van der Waals surface area contributed by atoms with Gasteiger partial charge in [-0.25, -0.2) is 13.5 Å². The summed E-state index contributed by atoms with van der Waals surface area (Å²) in [5.41, 5.74) is 3.99. The number of nitrogens with zero attached hydrogens (tertiary/aromatic N) is 3. The van der Waals surface area contributed by atoms with E-state index in [1.54, 1.807) is 6.07 Å². The molecule has 8 rings (SSSR count). The molecule has 1 aromatic heterocycles. The van der Waals surface area contributed by atoms with Crippen molar-refractivity contribution in [3.05, 3.63) is 46.8 Å². The van der Waals surface area contributed by atoms with Crippen molar-refractivity contribution in [1.29, 1.82) is 0 Å². The molecule has 0 amide bonds. The van der Waals surface area contributed by atoms with Crippen LogP contribution in [0, 0.1) is 62.4 Å². The van der Waals surface area contributed by atoms with E-state index in [1.165, 1.54) is 57.4 Å². The molecule has 4 saturated carbocycles. The largest absolute Gasteiger partial charge is 0.377 e. The third-order valence-corrected chi connectivity index (χ3v) is 15.6. The summed E-state index contributed by atoms with van der Waals surface area (Å²) in [6.07, 6.45) is 11.8. The Kier molecular flexibility index (Phi) is 5.80. The Labute approximate surface area is 256 Å². The summed E-state index contributed by atoms with van der Waals surface area (Å²) in [5, 5.41) is 9.40. The monoisotopic (exact) mass is 591 g/mol. The molecule has 1 aliphatic heterocycles. The molecule has 4 nitrogen and oxygen atoms in total. The lowest BCUT2D eigenvalue weighted by atomic mass is 9.31. The zero-order valence-corrected chi connectivity index (χ0v) is 27.4. The van der Waals surface area contributed by atoms with E-state index in [9.17, 15) is 8.78 Å². The molecule has 43 heavy (non-hydrogen) atoms. The number of fused-ring (bicyclic) bond motifs is 6. The zero-order chi connectivity index (χ0) is 30.4. The molecule has 1 aromatic carbocycles. The molecule has 6 aliphatic rings. The second kappa shape index (κ2) is 8.70. The average Bonchev–Trinajstić information content (AvgIpc) is 3.48. The van der Waals surface area contributed by atoms with Gasteiger partial charge in [-0.3, -0.25) is 0 Å². The van der Waals surface area contributed by atoms with Gasteiger partial charge in [-0.15, -0.1) is 5.10 Å². The smallest absolute Gasteiger partial charge is 0.131 e. The third kappa shape index (κ3) is 3.51. The molecule has 1 saturated heterocycles. The fraction of sp³-hybridized carbons (Fsp3) is 0.784. The number of rotatable bonds is 2. The van der Waals surface area contributed by atoms with Crippen LogP contribution in [0.2, 0.25) is 0 Å². The number of hydrogen-bond donors (Lipinski definition) is 0. The van der Waals surface area contributed by atoms with Gasteiger partial charge in [0.2, 0.25) is 0 Å². The van der Waals surface area contributed by atoms with Crippen LogP contribution in [0.5, 0.6) is 0 Å². The number of benzene rings is 1. The Bertz CT molecular complexity index is 1480. The van der Waals surface area contributed by atoms with Gasteiger partial charge in [0.1, 0.15) is 11.6 Å². The highest BCUT2D eigenvalue weighted by atomic mass is 19.1. The molecule has 0 spiro atoms. The van der Waals surface area contributed by atoms with Gasteiger partial charge in [-0.05, 0) is 115 Å². The van der Waals surface area contributed by atoms with Crippen LogP contribution in [0.3, 0.4) is 0 Å². The van der Waals surface area contributed by atoms with Gasteiger partial charge in [-0.1, -0.05) is 59.7 Å². The summed E-state index contributed by atoms with van der Waals surface area (Å²) >= 11 is 0. The first-order valence-electron chi connectivity index (χ1n) is 17.1. The van der Waals surface area contributed by atoms with E-state index in [1.807, 2.05) is 4.68 Å². The van der Waals surface area contributed by atoms with Crippen molar-refractivity contribution < 1.29 is 13.5 Å². The lowest BCUT2D eigenvalue weighted by Gasteiger charge is -2.72. The SMILES string of the molecule is CC1(C)CC[C@]23CC[C@]4(C)[C@H](CC[C@@H]5[C@@]6(C)Cc7nnn(Cc8ccc(F)cc8F)c7C(C)(C)[C@@H]6CC[C@]54C)[C@H]2[C@H]1OC3. The summed E-state index contributed by atoms with van der Waals surface area (Å²) < 4.78 is 37.0. The van der Waals surface area contributed by atoms with Gasteiger partial charge in [-0.2, -0.15) is 0 Å². The molecule has 0 N–H and O–H groups in total. The van der Waals surface area contributed by atoms with Crippen LogP contribution in [0.1, 0.15) is 117 Å². The molecule has 6 heteroatoms. The molecule has 5 fully saturated rings. The summed E-state index contributed by atoms with van der Waals surface area (Å²) in [6.45, 7) is 19.0. The van der Waals surface area contributed by atoms with Crippen molar-refractivity contribution in [3.63, 3.8) is 0 Å². The minimum atomic E-state index is -0.549. The number of ether oxygens (including phenoxy) is 1. The van der Waals surface area contributed by atoms with Crippen molar-refractivity contribution in [2.24, 2.45) is 50.7 Å². The van der Waals surface area contributed by atoms with Crippen LogP contribution < -0.4 is 0 Å². The van der Waals surface area contributed by atoms with Gasteiger partial charge in [0, 0.05) is 17.0 Å². The maximum absolute atomic E-state index is 14.7. The second-order valence-electron chi connectivity index (χ2n) is 18.0. The van der Waals surface area contributed by atoms with Gasteiger partial charge in [0.05, 0.1) is 30.6 Å². The fourth-order valence-corrected chi connectivity index (χ4v) is 13.4. The predicted molar refractivity (Wildman–Crippen MR) is 163 cm³/mol. The second-order valence-corrected chi connectivity index (χ2v) is 18.0. The van der Waals surface area contributed by atoms with Gasteiger partial charge < -0.3 is 4.74 Å². The van der Waals surface area contributed by atoms with Crippen molar-refractivity contribution in [2.45, 2.75) is 124 Å². The minimum Gasteiger partial charge on any atom is -0.377 e. The van der Waals surface area contributed by atoms with Crippen LogP contribution in [0.15, 0.2) is 18.2 Å². The molecule has 0 radical (unpaired) electrons. The molecule has 2 heterocycles. The van der Waals surface area contributed by atoms with Crippen molar-refractivity contribution in [1.82, 2.24) is 15.0 Å². The lowest BCUT2D eigenvalue weighted by Crippen LogP contribution is -2.67. The Morgan fingerprint density at radius 1 is 0.884 bits per heavy atom.